The molecule has 0 saturated carbocycles. The van der Waals surface area contributed by atoms with Gasteiger partial charge in [0.1, 0.15) is 0 Å². The Morgan fingerprint density at radius 1 is 0.919 bits per heavy atom. The minimum absolute atomic E-state index is 0.00531. The SMILES string of the molecule is CCCCc1cn(-c2ccccc2C(C)C)c(=O)n1Cc1ccc(-c2ccccc2-c2nn[nH]n2)cc1. The minimum atomic E-state index is 0.00531. The molecule has 0 atom stereocenters. The molecule has 0 fully saturated rings. The number of para-hydroxylation sites is 1. The summed E-state index contributed by atoms with van der Waals surface area (Å²) in [7, 11) is 0. The molecule has 0 aliphatic rings. The highest BCUT2D eigenvalue weighted by Gasteiger charge is 2.17. The van der Waals surface area contributed by atoms with E-state index >= 15 is 0 Å². The van der Waals surface area contributed by atoms with Gasteiger partial charge in [0.05, 0.1) is 12.2 Å². The van der Waals surface area contributed by atoms with Crippen LogP contribution in [0.25, 0.3) is 28.2 Å². The van der Waals surface area contributed by atoms with E-state index in [1.165, 1.54) is 5.56 Å². The van der Waals surface area contributed by atoms with Crippen LogP contribution in [0.1, 0.15) is 56.4 Å². The Balaban J connectivity index is 1.49. The number of hydrogen-bond donors (Lipinski definition) is 1. The van der Waals surface area contributed by atoms with Crippen molar-refractivity contribution in [3.63, 3.8) is 0 Å². The summed E-state index contributed by atoms with van der Waals surface area (Å²) in [6.07, 6.45) is 5.03. The molecule has 0 aliphatic heterocycles. The molecule has 1 N–H and O–H groups in total. The van der Waals surface area contributed by atoms with Crippen LogP contribution in [0.4, 0.5) is 0 Å². The van der Waals surface area contributed by atoms with Crippen LogP contribution in [0.15, 0.2) is 83.8 Å². The zero-order valence-corrected chi connectivity index (χ0v) is 21.6. The van der Waals surface area contributed by atoms with Crippen molar-refractivity contribution in [1.29, 1.82) is 0 Å². The highest BCUT2D eigenvalue weighted by molar-refractivity contribution is 5.80. The van der Waals surface area contributed by atoms with E-state index < -0.39 is 0 Å². The maximum Gasteiger partial charge on any atom is 0.333 e. The summed E-state index contributed by atoms with van der Waals surface area (Å²) in [5, 5.41) is 14.5. The van der Waals surface area contributed by atoms with Crippen molar-refractivity contribution >= 4 is 0 Å². The number of nitrogens with zero attached hydrogens (tertiary/aromatic N) is 5. The third kappa shape index (κ3) is 5.03. The van der Waals surface area contributed by atoms with E-state index in [-0.39, 0.29) is 5.69 Å². The molecule has 7 nitrogen and oxygen atoms in total. The maximum atomic E-state index is 13.7. The second-order valence-electron chi connectivity index (χ2n) is 9.65. The molecule has 0 radical (unpaired) electrons. The van der Waals surface area contributed by atoms with Crippen molar-refractivity contribution < 1.29 is 0 Å². The first kappa shape index (κ1) is 24.4. The second-order valence-corrected chi connectivity index (χ2v) is 9.65. The van der Waals surface area contributed by atoms with Crippen molar-refractivity contribution in [3.8, 4) is 28.2 Å². The number of rotatable bonds is 9. The van der Waals surface area contributed by atoms with Gasteiger partial charge in [0, 0.05) is 17.5 Å². The molecule has 2 aromatic heterocycles. The molecular formula is C30H32N6O. The Morgan fingerprint density at radius 2 is 1.65 bits per heavy atom. The first-order valence-electron chi connectivity index (χ1n) is 12.9. The molecule has 0 spiro atoms. The first-order valence-corrected chi connectivity index (χ1v) is 12.9. The van der Waals surface area contributed by atoms with Crippen molar-refractivity contribution in [1.82, 2.24) is 29.8 Å². The van der Waals surface area contributed by atoms with Gasteiger partial charge in [0.15, 0.2) is 0 Å². The molecule has 188 valence electrons. The number of aromatic amines is 1. The largest absolute Gasteiger partial charge is 0.333 e. The number of benzene rings is 3. The predicted molar refractivity (Wildman–Crippen MR) is 147 cm³/mol. The highest BCUT2D eigenvalue weighted by atomic mass is 16.1. The summed E-state index contributed by atoms with van der Waals surface area (Å²) >= 11 is 0. The fourth-order valence-electron chi connectivity index (χ4n) is 4.80. The van der Waals surface area contributed by atoms with E-state index in [1.54, 1.807) is 0 Å². The van der Waals surface area contributed by atoms with Gasteiger partial charge < -0.3 is 0 Å². The van der Waals surface area contributed by atoms with Crippen LogP contribution >= 0.6 is 0 Å². The summed E-state index contributed by atoms with van der Waals surface area (Å²) in [5.41, 5.74) is 7.31. The van der Waals surface area contributed by atoms with Gasteiger partial charge in [0.2, 0.25) is 5.82 Å². The lowest BCUT2D eigenvalue weighted by molar-refractivity contribution is 0.673. The molecule has 5 rings (SSSR count). The molecule has 0 amide bonds. The number of nitrogens with one attached hydrogen (secondary N) is 1. The van der Waals surface area contributed by atoms with Crippen molar-refractivity contribution in [2.24, 2.45) is 0 Å². The van der Waals surface area contributed by atoms with Gasteiger partial charge in [-0.3, -0.25) is 9.13 Å². The van der Waals surface area contributed by atoms with E-state index in [1.807, 2.05) is 51.7 Å². The summed E-state index contributed by atoms with van der Waals surface area (Å²) in [4.78, 5) is 13.7. The van der Waals surface area contributed by atoms with Gasteiger partial charge in [-0.2, -0.15) is 5.21 Å². The van der Waals surface area contributed by atoms with Gasteiger partial charge in [-0.25, -0.2) is 4.79 Å². The molecule has 37 heavy (non-hydrogen) atoms. The Bertz CT molecular complexity index is 1530. The number of imidazole rings is 1. The van der Waals surface area contributed by atoms with Crippen LogP contribution in [-0.2, 0) is 13.0 Å². The molecule has 0 unspecified atom stereocenters. The second kappa shape index (κ2) is 10.8. The molecule has 0 aliphatic carbocycles. The quantitative estimate of drug-likeness (QED) is 0.274. The fraction of sp³-hybridized carbons (Fsp3) is 0.267. The van der Waals surface area contributed by atoms with Gasteiger partial charge in [-0.1, -0.05) is 93.9 Å². The van der Waals surface area contributed by atoms with Crippen LogP contribution in [0, 0.1) is 0 Å². The smallest absolute Gasteiger partial charge is 0.292 e. The average molecular weight is 493 g/mol. The fourth-order valence-corrected chi connectivity index (χ4v) is 4.80. The zero-order chi connectivity index (χ0) is 25.8. The van der Waals surface area contributed by atoms with E-state index in [9.17, 15) is 4.79 Å². The Morgan fingerprint density at radius 3 is 2.35 bits per heavy atom. The van der Waals surface area contributed by atoms with E-state index in [4.69, 9.17) is 0 Å². The summed E-state index contributed by atoms with van der Waals surface area (Å²) in [5.74, 6) is 0.892. The van der Waals surface area contributed by atoms with Crippen molar-refractivity contribution in [2.75, 3.05) is 0 Å². The van der Waals surface area contributed by atoms with Crippen molar-refractivity contribution in [3.05, 3.63) is 106 Å². The maximum absolute atomic E-state index is 13.7. The van der Waals surface area contributed by atoms with Crippen molar-refractivity contribution in [2.45, 2.75) is 52.5 Å². The Labute approximate surface area is 216 Å². The lowest BCUT2D eigenvalue weighted by Crippen LogP contribution is -2.25. The van der Waals surface area contributed by atoms with Crippen LogP contribution in [0.2, 0.25) is 0 Å². The molecule has 0 saturated heterocycles. The monoisotopic (exact) mass is 492 g/mol. The van der Waals surface area contributed by atoms with E-state index in [0.717, 1.165) is 52.9 Å². The first-order chi connectivity index (χ1) is 18.1. The number of aryl methyl sites for hydroxylation is 1. The third-order valence-corrected chi connectivity index (χ3v) is 6.79. The van der Waals surface area contributed by atoms with Crippen LogP contribution < -0.4 is 5.69 Å². The van der Waals surface area contributed by atoms with E-state index in [2.05, 4.69) is 77.8 Å². The van der Waals surface area contributed by atoms with Gasteiger partial charge in [-0.15, -0.1) is 10.2 Å². The molecule has 7 heteroatoms. The molecule has 2 heterocycles. The summed E-state index contributed by atoms with van der Waals surface area (Å²) in [6.45, 7) is 7.04. The highest BCUT2D eigenvalue weighted by Crippen LogP contribution is 2.30. The Hall–Kier alpha value is -4.26. The molecule has 3 aromatic carbocycles. The predicted octanol–water partition coefficient (Wildman–Crippen LogP) is 6.00. The number of H-pyrrole nitrogens is 1. The third-order valence-electron chi connectivity index (χ3n) is 6.79. The standard InChI is InChI=1S/C30H32N6O/c1-4-5-10-24-20-36(28-14-9-8-11-25(28)21(2)3)30(37)35(24)19-22-15-17-23(18-16-22)26-12-6-7-13-27(26)29-31-33-34-32-29/h6-9,11-18,20-21H,4-5,10,19H2,1-3H3,(H,31,32,33,34). The lowest BCUT2D eigenvalue weighted by atomic mass is 9.98. The summed E-state index contributed by atoms with van der Waals surface area (Å²) in [6, 6.07) is 24.6. The number of unbranched alkanes of at least 4 members (excludes halogenated alkanes) is 1. The van der Waals surface area contributed by atoms with Crippen LogP contribution in [0.5, 0.6) is 0 Å². The van der Waals surface area contributed by atoms with Gasteiger partial charge in [0.25, 0.3) is 0 Å². The normalized spacial score (nSPS) is 11.4. The van der Waals surface area contributed by atoms with Gasteiger partial charge in [-0.05, 0) is 52.3 Å². The lowest BCUT2D eigenvalue weighted by Gasteiger charge is -2.12. The molecular weight excluding hydrogens is 460 g/mol. The minimum Gasteiger partial charge on any atom is -0.292 e. The van der Waals surface area contributed by atoms with E-state index in [0.29, 0.717) is 18.3 Å². The van der Waals surface area contributed by atoms with Gasteiger partial charge >= 0.3 is 5.69 Å². The molecule has 5 aromatic rings. The van der Waals surface area contributed by atoms with Crippen LogP contribution in [-0.4, -0.2) is 29.8 Å². The summed E-state index contributed by atoms with van der Waals surface area (Å²) < 4.78 is 3.75. The zero-order valence-electron chi connectivity index (χ0n) is 21.6. The number of hydrogen-bond acceptors (Lipinski definition) is 4. The average Bonchev–Trinajstić information content (AvgIpc) is 3.57. The Kier molecular flexibility index (Phi) is 7.12. The number of aromatic nitrogens is 6. The number of tetrazole rings is 1. The van der Waals surface area contributed by atoms with Crippen LogP contribution in [0.3, 0.4) is 0 Å². The topological polar surface area (TPSA) is 81.4 Å². The molecule has 0 bridgehead atoms.